The second-order valence-electron chi connectivity index (χ2n) is 5.18. The van der Waals surface area contributed by atoms with E-state index in [0.29, 0.717) is 37.4 Å². The molecular formula is C16H20N2O4. The van der Waals surface area contributed by atoms with Gasteiger partial charge in [-0.15, -0.1) is 0 Å². The number of nitrogens with one attached hydrogen (secondary N) is 1. The lowest BCUT2D eigenvalue weighted by atomic mass is 9.99. The molecule has 6 heteroatoms. The molecule has 1 atom stereocenters. The molecule has 0 aliphatic carbocycles. The minimum Gasteiger partial charge on any atom is -0.489 e. The van der Waals surface area contributed by atoms with E-state index < -0.39 is 11.9 Å². The van der Waals surface area contributed by atoms with Crippen LogP contribution in [0.15, 0.2) is 36.9 Å². The lowest BCUT2D eigenvalue weighted by molar-refractivity contribution is -0.143. The normalized spacial score (nSPS) is 17.6. The van der Waals surface area contributed by atoms with Gasteiger partial charge in [-0.05, 0) is 25.0 Å². The summed E-state index contributed by atoms with van der Waals surface area (Å²) in [6.45, 7) is 4.79. The third kappa shape index (κ3) is 4.25. The molecule has 1 aliphatic heterocycles. The SMILES string of the molecule is C=CCOc1cccc(NC(=O)N2CCCC(C(=O)O)C2)c1. The number of carboxylic acids is 1. The number of hydrogen-bond donors (Lipinski definition) is 2. The Bertz CT molecular complexity index is 559. The van der Waals surface area contributed by atoms with Crippen LogP contribution in [0.5, 0.6) is 5.75 Å². The van der Waals surface area contributed by atoms with Gasteiger partial charge in [0.05, 0.1) is 5.92 Å². The molecule has 0 bridgehead atoms. The van der Waals surface area contributed by atoms with Gasteiger partial charge < -0.3 is 20.1 Å². The number of hydrogen-bond acceptors (Lipinski definition) is 3. The van der Waals surface area contributed by atoms with Crippen LogP contribution < -0.4 is 10.1 Å². The fraction of sp³-hybridized carbons (Fsp3) is 0.375. The Morgan fingerprint density at radius 2 is 2.32 bits per heavy atom. The van der Waals surface area contributed by atoms with Crippen molar-refractivity contribution in [1.29, 1.82) is 0 Å². The van der Waals surface area contributed by atoms with E-state index in [2.05, 4.69) is 11.9 Å². The molecule has 1 aromatic carbocycles. The number of urea groups is 1. The molecule has 6 nitrogen and oxygen atoms in total. The predicted octanol–water partition coefficient (Wildman–Crippen LogP) is 2.58. The van der Waals surface area contributed by atoms with Gasteiger partial charge in [-0.2, -0.15) is 0 Å². The molecule has 1 heterocycles. The van der Waals surface area contributed by atoms with Gasteiger partial charge in [-0.1, -0.05) is 18.7 Å². The van der Waals surface area contributed by atoms with Gasteiger partial charge in [-0.3, -0.25) is 4.79 Å². The zero-order chi connectivity index (χ0) is 15.9. The minimum absolute atomic E-state index is 0.244. The number of carbonyl (C=O) groups is 2. The number of ether oxygens (including phenoxy) is 1. The van der Waals surface area contributed by atoms with Crippen LogP contribution in [0.2, 0.25) is 0 Å². The summed E-state index contributed by atoms with van der Waals surface area (Å²) in [6.07, 6.45) is 2.96. The van der Waals surface area contributed by atoms with E-state index >= 15 is 0 Å². The molecule has 0 spiro atoms. The number of amides is 2. The van der Waals surface area contributed by atoms with Crippen LogP contribution in [0, 0.1) is 5.92 Å². The Morgan fingerprint density at radius 1 is 1.50 bits per heavy atom. The van der Waals surface area contributed by atoms with Crippen molar-refractivity contribution in [3.8, 4) is 5.75 Å². The second-order valence-corrected chi connectivity index (χ2v) is 5.18. The van der Waals surface area contributed by atoms with E-state index in [-0.39, 0.29) is 12.6 Å². The number of aliphatic carboxylic acids is 1. The van der Waals surface area contributed by atoms with E-state index in [4.69, 9.17) is 9.84 Å². The van der Waals surface area contributed by atoms with Crippen molar-refractivity contribution in [2.24, 2.45) is 5.92 Å². The van der Waals surface area contributed by atoms with E-state index in [1.54, 1.807) is 35.2 Å². The maximum atomic E-state index is 12.2. The summed E-state index contributed by atoms with van der Waals surface area (Å²) >= 11 is 0. The highest BCUT2D eigenvalue weighted by Gasteiger charge is 2.28. The van der Waals surface area contributed by atoms with Crippen LogP contribution in [0.3, 0.4) is 0 Å². The van der Waals surface area contributed by atoms with Crippen LogP contribution in [0.25, 0.3) is 0 Å². The highest BCUT2D eigenvalue weighted by molar-refractivity contribution is 5.90. The number of rotatable bonds is 5. The third-order valence-electron chi connectivity index (χ3n) is 3.51. The Morgan fingerprint density at radius 3 is 3.05 bits per heavy atom. The average molecular weight is 304 g/mol. The van der Waals surface area contributed by atoms with Crippen LogP contribution in [0.4, 0.5) is 10.5 Å². The molecule has 2 N–H and O–H groups in total. The molecule has 2 rings (SSSR count). The molecule has 1 unspecified atom stereocenters. The van der Waals surface area contributed by atoms with Gasteiger partial charge in [-0.25, -0.2) is 4.79 Å². The Labute approximate surface area is 129 Å². The first-order chi connectivity index (χ1) is 10.6. The molecule has 0 radical (unpaired) electrons. The molecule has 0 saturated carbocycles. The minimum atomic E-state index is -0.850. The summed E-state index contributed by atoms with van der Waals surface area (Å²) in [4.78, 5) is 24.8. The summed E-state index contributed by atoms with van der Waals surface area (Å²) in [5.74, 6) is -0.696. The Balaban J connectivity index is 1.96. The molecule has 118 valence electrons. The topological polar surface area (TPSA) is 78.9 Å². The van der Waals surface area contributed by atoms with Gasteiger partial charge in [0.2, 0.25) is 0 Å². The molecule has 1 aliphatic rings. The zero-order valence-corrected chi connectivity index (χ0v) is 12.3. The number of nitrogens with zero attached hydrogens (tertiary/aromatic N) is 1. The predicted molar refractivity (Wildman–Crippen MR) is 83.1 cm³/mol. The van der Waals surface area contributed by atoms with E-state index in [0.717, 1.165) is 0 Å². The van der Waals surface area contributed by atoms with E-state index in [1.165, 1.54) is 0 Å². The maximum absolute atomic E-state index is 12.2. The smallest absolute Gasteiger partial charge is 0.321 e. The van der Waals surface area contributed by atoms with Gasteiger partial charge in [0.25, 0.3) is 0 Å². The van der Waals surface area contributed by atoms with Crippen molar-refractivity contribution in [2.75, 3.05) is 25.0 Å². The van der Waals surface area contributed by atoms with E-state index in [9.17, 15) is 9.59 Å². The molecule has 1 fully saturated rings. The van der Waals surface area contributed by atoms with Gasteiger partial charge >= 0.3 is 12.0 Å². The van der Waals surface area contributed by atoms with Crippen molar-refractivity contribution in [1.82, 2.24) is 4.90 Å². The molecule has 0 aromatic heterocycles. The van der Waals surface area contributed by atoms with E-state index in [1.807, 2.05) is 0 Å². The van der Waals surface area contributed by atoms with Gasteiger partial charge in [0.15, 0.2) is 0 Å². The highest BCUT2D eigenvalue weighted by atomic mass is 16.5. The number of piperidine rings is 1. The molecule has 1 aromatic rings. The maximum Gasteiger partial charge on any atom is 0.321 e. The van der Waals surface area contributed by atoms with Crippen LogP contribution in [0.1, 0.15) is 12.8 Å². The first-order valence-electron chi connectivity index (χ1n) is 7.22. The second kappa shape index (κ2) is 7.49. The fourth-order valence-corrected chi connectivity index (χ4v) is 2.38. The monoisotopic (exact) mass is 304 g/mol. The molecule has 22 heavy (non-hydrogen) atoms. The molecule has 1 saturated heterocycles. The lowest BCUT2D eigenvalue weighted by Crippen LogP contribution is -2.44. The molecule has 2 amide bonds. The van der Waals surface area contributed by atoms with Crippen molar-refractivity contribution >= 4 is 17.7 Å². The van der Waals surface area contributed by atoms with Gasteiger partial charge in [0.1, 0.15) is 12.4 Å². The largest absolute Gasteiger partial charge is 0.489 e. The first-order valence-corrected chi connectivity index (χ1v) is 7.22. The lowest BCUT2D eigenvalue weighted by Gasteiger charge is -2.30. The summed E-state index contributed by atoms with van der Waals surface area (Å²) in [5.41, 5.74) is 0.615. The quantitative estimate of drug-likeness (QED) is 0.820. The van der Waals surface area contributed by atoms with Crippen molar-refractivity contribution < 1.29 is 19.4 Å². The summed E-state index contributed by atoms with van der Waals surface area (Å²) in [5, 5.41) is 11.8. The standard InChI is InChI=1S/C16H20N2O4/c1-2-9-22-14-7-3-6-13(10-14)17-16(21)18-8-4-5-12(11-18)15(19)20/h2-3,6-7,10,12H,1,4-5,8-9,11H2,(H,17,21)(H,19,20). The first kappa shape index (κ1) is 15.9. The number of carbonyl (C=O) groups excluding carboxylic acids is 1. The number of carboxylic acid groups (broad SMARTS) is 1. The summed E-state index contributed by atoms with van der Waals surface area (Å²) in [7, 11) is 0. The number of anilines is 1. The summed E-state index contributed by atoms with van der Waals surface area (Å²) in [6, 6.07) is 6.77. The van der Waals surface area contributed by atoms with Crippen LogP contribution >= 0.6 is 0 Å². The number of benzene rings is 1. The van der Waals surface area contributed by atoms with Crippen LogP contribution in [-0.2, 0) is 4.79 Å². The Hall–Kier alpha value is -2.50. The Kier molecular flexibility index (Phi) is 5.41. The van der Waals surface area contributed by atoms with Crippen molar-refractivity contribution in [3.05, 3.63) is 36.9 Å². The fourth-order valence-electron chi connectivity index (χ4n) is 2.38. The third-order valence-corrected chi connectivity index (χ3v) is 3.51. The highest BCUT2D eigenvalue weighted by Crippen LogP contribution is 2.20. The van der Waals surface area contributed by atoms with Crippen LogP contribution in [-0.4, -0.2) is 41.7 Å². The summed E-state index contributed by atoms with van der Waals surface area (Å²) < 4.78 is 5.41. The molecular weight excluding hydrogens is 284 g/mol. The zero-order valence-electron chi connectivity index (χ0n) is 12.3. The van der Waals surface area contributed by atoms with Crippen molar-refractivity contribution in [3.63, 3.8) is 0 Å². The number of likely N-dealkylation sites (tertiary alicyclic amines) is 1. The van der Waals surface area contributed by atoms with Gasteiger partial charge in [0, 0.05) is 24.8 Å². The average Bonchev–Trinajstić information content (AvgIpc) is 2.53. The van der Waals surface area contributed by atoms with Crippen molar-refractivity contribution in [2.45, 2.75) is 12.8 Å².